The van der Waals surface area contributed by atoms with Crippen LogP contribution in [0.3, 0.4) is 0 Å². The summed E-state index contributed by atoms with van der Waals surface area (Å²) in [5.74, 6) is -0.381. The maximum absolute atomic E-state index is 12.5. The SMILES string of the molecule is O=C(CNC(=O)c1ccc(C(F)(F)F)cc1)NCCOc1ccccc1. The standard InChI is InChI=1S/C18H17F3N2O3/c19-18(20,21)14-8-6-13(7-9-14)17(25)23-12-16(24)22-10-11-26-15-4-2-1-3-5-15/h1-9H,10-12H2,(H,22,24)(H,23,25). The molecule has 0 bridgehead atoms. The second-order valence-corrected chi connectivity index (χ2v) is 5.27. The average molecular weight is 366 g/mol. The molecule has 0 radical (unpaired) electrons. The average Bonchev–Trinajstić information content (AvgIpc) is 2.63. The van der Waals surface area contributed by atoms with Crippen molar-refractivity contribution in [2.75, 3.05) is 19.7 Å². The number of amides is 2. The molecule has 8 heteroatoms. The quantitative estimate of drug-likeness (QED) is 0.741. The highest BCUT2D eigenvalue weighted by atomic mass is 19.4. The number of hydrogen-bond donors (Lipinski definition) is 2. The minimum Gasteiger partial charge on any atom is -0.492 e. The zero-order chi connectivity index (χ0) is 19.0. The van der Waals surface area contributed by atoms with Gasteiger partial charge in [-0.1, -0.05) is 18.2 Å². The van der Waals surface area contributed by atoms with Crippen molar-refractivity contribution in [1.82, 2.24) is 10.6 Å². The van der Waals surface area contributed by atoms with E-state index in [1.807, 2.05) is 18.2 Å². The van der Waals surface area contributed by atoms with E-state index >= 15 is 0 Å². The molecule has 5 nitrogen and oxygen atoms in total. The van der Waals surface area contributed by atoms with Crippen molar-refractivity contribution in [2.24, 2.45) is 0 Å². The van der Waals surface area contributed by atoms with Crippen molar-refractivity contribution >= 4 is 11.8 Å². The maximum Gasteiger partial charge on any atom is 0.416 e. The second kappa shape index (κ2) is 8.89. The van der Waals surface area contributed by atoms with Crippen molar-refractivity contribution in [3.63, 3.8) is 0 Å². The summed E-state index contributed by atoms with van der Waals surface area (Å²) >= 11 is 0. The first-order valence-electron chi connectivity index (χ1n) is 7.76. The van der Waals surface area contributed by atoms with E-state index in [0.29, 0.717) is 5.75 Å². The molecule has 0 aliphatic heterocycles. The predicted octanol–water partition coefficient (Wildman–Crippen LogP) is 2.63. The van der Waals surface area contributed by atoms with Gasteiger partial charge >= 0.3 is 6.18 Å². The van der Waals surface area contributed by atoms with Crippen LogP contribution in [0.15, 0.2) is 54.6 Å². The van der Waals surface area contributed by atoms with Gasteiger partial charge in [-0.3, -0.25) is 9.59 Å². The Morgan fingerprint density at radius 3 is 2.19 bits per heavy atom. The summed E-state index contributed by atoms with van der Waals surface area (Å²) in [6.45, 7) is 0.234. The zero-order valence-electron chi connectivity index (χ0n) is 13.7. The lowest BCUT2D eigenvalue weighted by Gasteiger charge is -2.09. The van der Waals surface area contributed by atoms with Crippen LogP contribution >= 0.6 is 0 Å². The number of nitrogens with one attached hydrogen (secondary N) is 2. The molecular weight excluding hydrogens is 349 g/mol. The van der Waals surface area contributed by atoms with E-state index in [4.69, 9.17) is 4.74 Å². The first-order valence-corrected chi connectivity index (χ1v) is 7.76. The molecule has 0 unspecified atom stereocenters. The third-order valence-electron chi connectivity index (χ3n) is 3.32. The molecule has 2 aromatic rings. The minimum atomic E-state index is -4.46. The van der Waals surface area contributed by atoms with Crippen LogP contribution in [0.25, 0.3) is 0 Å². The Hall–Kier alpha value is -3.03. The van der Waals surface area contributed by atoms with Gasteiger partial charge in [-0.15, -0.1) is 0 Å². The van der Waals surface area contributed by atoms with Crippen LogP contribution in [-0.2, 0) is 11.0 Å². The Morgan fingerprint density at radius 2 is 1.58 bits per heavy atom. The van der Waals surface area contributed by atoms with E-state index in [9.17, 15) is 22.8 Å². The normalized spacial score (nSPS) is 10.9. The Morgan fingerprint density at radius 1 is 0.923 bits per heavy atom. The van der Waals surface area contributed by atoms with Crippen LogP contribution in [0, 0.1) is 0 Å². The molecule has 2 N–H and O–H groups in total. The molecule has 0 fully saturated rings. The van der Waals surface area contributed by atoms with Crippen LogP contribution in [0.5, 0.6) is 5.75 Å². The molecular formula is C18H17F3N2O3. The van der Waals surface area contributed by atoms with Crippen LogP contribution in [0.1, 0.15) is 15.9 Å². The molecule has 2 rings (SSSR count). The Labute approximate surface area is 148 Å². The van der Waals surface area contributed by atoms with E-state index in [-0.39, 0.29) is 25.3 Å². The Bertz CT molecular complexity index is 732. The largest absolute Gasteiger partial charge is 0.492 e. The molecule has 26 heavy (non-hydrogen) atoms. The number of benzene rings is 2. The van der Waals surface area contributed by atoms with Gasteiger partial charge in [-0.25, -0.2) is 0 Å². The summed E-state index contributed by atoms with van der Waals surface area (Å²) in [6, 6.07) is 12.8. The van der Waals surface area contributed by atoms with Crippen molar-refractivity contribution < 1.29 is 27.5 Å². The van der Waals surface area contributed by atoms with Gasteiger partial charge in [-0.05, 0) is 36.4 Å². The summed E-state index contributed by atoms with van der Waals surface area (Å²) in [5.41, 5.74) is -0.802. The molecule has 2 amide bonds. The second-order valence-electron chi connectivity index (χ2n) is 5.27. The minimum absolute atomic E-state index is 0.0400. The van der Waals surface area contributed by atoms with E-state index < -0.39 is 23.6 Å². The number of carbonyl (C=O) groups excluding carboxylic acids is 2. The molecule has 0 aliphatic rings. The van der Waals surface area contributed by atoms with Gasteiger partial charge in [0.2, 0.25) is 5.91 Å². The van der Waals surface area contributed by atoms with Gasteiger partial charge in [0.15, 0.2) is 0 Å². The molecule has 0 atom stereocenters. The number of para-hydroxylation sites is 1. The summed E-state index contributed by atoms with van der Waals surface area (Å²) in [5, 5.41) is 4.90. The first kappa shape index (κ1) is 19.3. The third-order valence-corrected chi connectivity index (χ3v) is 3.32. The van der Waals surface area contributed by atoms with Crippen molar-refractivity contribution in [1.29, 1.82) is 0 Å². The molecule has 0 spiro atoms. The van der Waals surface area contributed by atoms with Crippen LogP contribution in [0.2, 0.25) is 0 Å². The van der Waals surface area contributed by atoms with Gasteiger partial charge in [0.25, 0.3) is 5.91 Å². The fourth-order valence-electron chi connectivity index (χ4n) is 2.01. The van der Waals surface area contributed by atoms with Gasteiger partial charge in [0.05, 0.1) is 18.7 Å². The zero-order valence-corrected chi connectivity index (χ0v) is 13.7. The fourth-order valence-corrected chi connectivity index (χ4v) is 2.01. The molecule has 0 heterocycles. The van der Waals surface area contributed by atoms with Crippen LogP contribution < -0.4 is 15.4 Å². The predicted molar refractivity (Wildman–Crippen MR) is 88.7 cm³/mol. The van der Waals surface area contributed by atoms with Crippen LogP contribution in [0.4, 0.5) is 13.2 Å². The summed E-state index contributed by atoms with van der Waals surface area (Å²) in [6.07, 6.45) is -4.46. The number of halogens is 3. The Balaban J connectivity index is 1.69. The van der Waals surface area contributed by atoms with Gasteiger partial charge in [-0.2, -0.15) is 13.2 Å². The number of rotatable bonds is 7. The topological polar surface area (TPSA) is 67.4 Å². The number of ether oxygens (including phenoxy) is 1. The summed E-state index contributed by atoms with van der Waals surface area (Å²) < 4.78 is 42.8. The molecule has 138 valence electrons. The number of carbonyl (C=O) groups is 2. The third kappa shape index (κ3) is 6.12. The van der Waals surface area contributed by atoms with E-state index in [1.165, 1.54) is 0 Å². The molecule has 0 aromatic heterocycles. The highest BCUT2D eigenvalue weighted by molar-refractivity contribution is 5.96. The maximum atomic E-state index is 12.5. The Kier molecular flexibility index (Phi) is 6.60. The van der Waals surface area contributed by atoms with Crippen molar-refractivity contribution in [3.8, 4) is 5.75 Å². The highest BCUT2D eigenvalue weighted by Crippen LogP contribution is 2.29. The number of hydrogen-bond acceptors (Lipinski definition) is 3. The van der Waals surface area contributed by atoms with Gasteiger partial charge in [0.1, 0.15) is 12.4 Å². The fraction of sp³-hybridized carbons (Fsp3) is 0.222. The summed E-state index contributed by atoms with van der Waals surface area (Å²) in [4.78, 5) is 23.5. The first-order chi connectivity index (χ1) is 12.4. The van der Waals surface area contributed by atoms with E-state index in [0.717, 1.165) is 24.3 Å². The smallest absolute Gasteiger partial charge is 0.416 e. The molecule has 0 saturated heterocycles. The lowest BCUT2D eigenvalue weighted by Crippen LogP contribution is -2.38. The molecule has 0 saturated carbocycles. The monoisotopic (exact) mass is 366 g/mol. The molecule has 0 aliphatic carbocycles. The number of alkyl halides is 3. The van der Waals surface area contributed by atoms with Crippen molar-refractivity contribution in [2.45, 2.75) is 6.18 Å². The van der Waals surface area contributed by atoms with Crippen LogP contribution in [-0.4, -0.2) is 31.5 Å². The van der Waals surface area contributed by atoms with Gasteiger partial charge < -0.3 is 15.4 Å². The van der Waals surface area contributed by atoms with Gasteiger partial charge in [0, 0.05) is 5.56 Å². The van der Waals surface area contributed by atoms with E-state index in [1.54, 1.807) is 12.1 Å². The lowest BCUT2D eigenvalue weighted by molar-refractivity contribution is -0.137. The lowest BCUT2D eigenvalue weighted by atomic mass is 10.1. The highest BCUT2D eigenvalue weighted by Gasteiger charge is 2.30. The summed E-state index contributed by atoms with van der Waals surface area (Å²) in [7, 11) is 0. The van der Waals surface area contributed by atoms with E-state index in [2.05, 4.69) is 10.6 Å². The molecule has 2 aromatic carbocycles. The van der Waals surface area contributed by atoms with Crippen molar-refractivity contribution in [3.05, 3.63) is 65.7 Å².